The van der Waals surface area contributed by atoms with Crippen molar-refractivity contribution >= 4 is 23.3 Å². The predicted octanol–water partition coefficient (Wildman–Crippen LogP) is 2.81. The molecule has 0 unspecified atom stereocenters. The van der Waals surface area contributed by atoms with Crippen LogP contribution in [0.3, 0.4) is 0 Å². The zero-order valence-corrected chi connectivity index (χ0v) is 10.8. The van der Waals surface area contributed by atoms with E-state index < -0.39 is 0 Å². The van der Waals surface area contributed by atoms with E-state index >= 15 is 0 Å². The minimum absolute atomic E-state index is 0.0933. The summed E-state index contributed by atoms with van der Waals surface area (Å²) in [5.74, 6) is 1.03. The quantitative estimate of drug-likeness (QED) is 0.901. The second-order valence-electron chi connectivity index (χ2n) is 4.51. The van der Waals surface area contributed by atoms with Gasteiger partial charge in [-0.1, -0.05) is 25.4 Å². The Morgan fingerprint density at radius 3 is 2.82 bits per heavy atom. The van der Waals surface area contributed by atoms with E-state index in [9.17, 15) is 4.79 Å². The standard InChI is InChI=1S/C12H16ClN3O/c1-8(2)9-6-10(13)12(14-7-9)15-16-5-3-4-11(16)17/h6-8H,3-5H2,1-2H3,(H,14,15). The van der Waals surface area contributed by atoms with Crippen molar-refractivity contribution < 1.29 is 4.79 Å². The molecule has 1 fully saturated rings. The summed E-state index contributed by atoms with van der Waals surface area (Å²) in [6.45, 7) is 4.89. The topological polar surface area (TPSA) is 45.2 Å². The molecule has 1 amide bonds. The average molecular weight is 254 g/mol. The van der Waals surface area contributed by atoms with Gasteiger partial charge in [-0.2, -0.15) is 0 Å². The SMILES string of the molecule is CC(C)c1cnc(NN2CCCC2=O)c(Cl)c1. The van der Waals surface area contributed by atoms with Gasteiger partial charge in [0.05, 0.1) is 5.02 Å². The Morgan fingerprint density at radius 2 is 2.29 bits per heavy atom. The second kappa shape index (κ2) is 4.92. The highest BCUT2D eigenvalue weighted by Crippen LogP contribution is 2.25. The van der Waals surface area contributed by atoms with Gasteiger partial charge in [0.2, 0.25) is 5.91 Å². The first kappa shape index (κ1) is 12.2. The van der Waals surface area contributed by atoms with Gasteiger partial charge in [-0.25, -0.2) is 4.98 Å². The molecular weight excluding hydrogens is 238 g/mol. The third kappa shape index (κ3) is 2.69. The number of aromatic nitrogens is 1. The Labute approximate surface area is 106 Å². The number of hydrogen-bond donors (Lipinski definition) is 1. The monoisotopic (exact) mass is 253 g/mol. The number of rotatable bonds is 3. The Bertz CT molecular complexity index is 434. The molecule has 1 saturated heterocycles. The van der Waals surface area contributed by atoms with Gasteiger partial charge in [0, 0.05) is 19.2 Å². The Hall–Kier alpha value is -1.29. The van der Waals surface area contributed by atoms with Crippen LogP contribution in [0.2, 0.25) is 5.02 Å². The molecule has 1 aromatic rings. The number of carbonyl (C=O) groups excluding carboxylic acids is 1. The summed E-state index contributed by atoms with van der Waals surface area (Å²) in [5, 5.41) is 2.12. The molecule has 0 radical (unpaired) electrons. The number of amides is 1. The molecule has 1 aliphatic rings. The van der Waals surface area contributed by atoms with E-state index in [4.69, 9.17) is 11.6 Å². The third-order valence-corrected chi connectivity index (χ3v) is 3.13. The van der Waals surface area contributed by atoms with Crippen molar-refractivity contribution in [2.45, 2.75) is 32.6 Å². The van der Waals surface area contributed by atoms with E-state index in [2.05, 4.69) is 24.3 Å². The molecule has 0 spiro atoms. The molecule has 1 N–H and O–H groups in total. The van der Waals surface area contributed by atoms with Gasteiger partial charge < -0.3 is 0 Å². The van der Waals surface area contributed by atoms with Crippen molar-refractivity contribution in [1.29, 1.82) is 0 Å². The summed E-state index contributed by atoms with van der Waals surface area (Å²) in [5.41, 5.74) is 4.06. The van der Waals surface area contributed by atoms with Crippen molar-refractivity contribution in [2.75, 3.05) is 12.0 Å². The molecular formula is C12H16ClN3O. The third-order valence-electron chi connectivity index (χ3n) is 2.84. The Kier molecular flexibility index (Phi) is 3.52. The zero-order valence-electron chi connectivity index (χ0n) is 10.0. The minimum atomic E-state index is 0.0933. The van der Waals surface area contributed by atoms with Crippen molar-refractivity contribution in [3.05, 3.63) is 22.8 Å². The predicted molar refractivity (Wildman–Crippen MR) is 67.9 cm³/mol. The van der Waals surface area contributed by atoms with Crippen molar-refractivity contribution in [3.63, 3.8) is 0 Å². The molecule has 92 valence electrons. The van der Waals surface area contributed by atoms with E-state index in [1.54, 1.807) is 11.2 Å². The minimum Gasteiger partial charge on any atom is -0.278 e. The van der Waals surface area contributed by atoms with Crippen LogP contribution in [0.5, 0.6) is 0 Å². The normalized spacial score (nSPS) is 15.8. The van der Waals surface area contributed by atoms with Gasteiger partial charge in [0.25, 0.3) is 0 Å². The molecule has 0 aromatic carbocycles. The fraction of sp³-hybridized carbons (Fsp3) is 0.500. The maximum absolute atomic E-state index is 11.5. The highest BCUT2D eigenvalue weighted by Gasteiger charge is 2.21. The first-order chi connectivity index (χ1) is 8.08. The largest absolute Gasteiger partial charge is 0.278 e. The maximum atomic E-state index is 11.5. The van der Waals surface area contributed by atoms with Crippen molar-refractivity contribution in [2.24, 2.45) is 0 Å². The van der Waals surface area contributed by atoms with E-state index in [-0.39, 0.29) is 5.91 Å². The summed E-state index contributed by atoms with van der Waals surface area (Å²) < 4.78 is 0. The lowest BCUT2D eigenvalue weighted by atomic mass is 10.1. The van der Waals surface area contributed by atoms with Gasteiger partial charge in [0.15, 0.2) is 5.82 Å². The molecule has 0 aliphatic carbocycles. The average Bonchev–Trinajstić information content (AvgIpc) is 2.67. The molecule has 0 atom stereocenters. The van der Waals surface area contributed by atoms with Gasteiger partial charge >= 0.3 is 0 Å². The van der Waals surface area contributed by atoms with Crippen LogP contribution in [0.15, 0.2) is 12.3 Å². The van der Waals surface area contributed by atoms with Crippen LogP contribution in [0.1, 0.15) is 38.2 Å². The van der Waals surface area contributed by atoms with E-state index in [0.717, 1.165) is 12.0 Å². The van der Waals surface area contributed by atoms with Gasteiger partial charge in [-0.15, -0.1) is 0 Å². The van der Waals surface area contributed by atoms with Crippen LogP contribution in [0.4, 0.5) is 5.82 Å². The number of pyridine rings is 1. The smallest absolute Gasteiger partial charge is 0.241 e. The number of carbonyl (C=O) groups is 1. The molecule has 2 heterocycles. The highest BCUT2D eigenvalue weighted by atomic mass is 35.5. The zero-order chi connectivity index (χ0) is 12.4. The first-order valence-electron chi connectivity index (χ1n) is 5.80. The van der Waals surface area contributed by atoms with Crippen LogP contribution in [-0.4, -0.2) is 22.4 Å². The molecule has 0 saturated carbocycles. The first-order valence-corrected chi connectivity index (χ1v) is 6.18. The van der Waals surface area contributed by atoms with E-state index in [1.165, 1.54) is 0 Å². The lowest BCUT2D eigenvalue weighted by Gasteiger charge is -2.18. The van der Waals surface area contributed by atoms with Crippen LogP contribution < -0.4 is 5.43 Å². The summed E-state index contributed by atoms with van der Waals surface area (Å²) >= 11 is 6.14. The molecule has 4 nitrogen and oxygen atoms in total. The lowest BCUT2D eigenvalue weighted by Crippen LogP contribution is -2.31. The highest BCUT2D eigenvalue weighted by molar-refractivity contribution is 6.33. The molecule has 1 aliphatic heterocycles. The maximum Gasteiger partial charge on any atom is 0.241 e. The van der Waals surface area contributed by atoms with Crippen LogP contribution >= 0.6 is 11.6 Å². The number of hydrogen-bond acceptors (Lipinski definition) is 3. The summed E-state index contributed by atoms with van der Waals surface area (Å²) in [6, 6.07) is 1.89. The van der Waals surface area contributed by atoms with Crippen molar-refractivity contribution in [1.82, 2.24) is 9.99 Å². The Morgan fingerprint density at radius 1 is 1.53 bits per heavy atom. The number of halogens is 1. The fourth-order valence-corrected chi connectivity index (χ4v) is 1.96. The van der Waals surface area contributed by atoms with E-state index in [1.807, 2.05) is 6.07 Å². The summed E-state index contributed by atoms with van der Waals surface area (Å²) in [7, 11) is 0. The van der Waals surface area contributed by atoms with Gasteiger partial charge in [0.1, 0.15) is 0 Å². The number of hydrazine groups is 1. The molecule has 17 heavy (non-hydrogen) atoms. The van der Waals surface area contributed by atoms with Gasteiger partial charge in [-0.3, -0.25) is 15.2 Å². The lowest BCUT2D eigenvalue weighted by molar-refractivity contribution is -0.126. The Balaban J connectivity index is 2.14. The van der Waals surface area contributed by atoms with Crippen molar-refractivity contribution in [3.8, 4) is 0 Å². The molecule has 0 bridgehead atoms. The number of nitrogens with zero attached hydrogens (tertiary/aromatic N) is 2. The van der Waals surface area contributed by atoms with Crippen LogP contribution in [0.25, 0.3) is 0 Å². The second-order valence-corrected chi connectivity index (χ2v) is 4.92. The number of nitrogens with one attached hydrogen (secondary N) is 1. The molecule has 2 rings (SSSR count). The molecule has 5 heteroatoms. The summed E-state index contributed by atoms with van der Waals surface area (Å²) in [6.07, 6.45) is 3.27. The summed E-state index contributed by atoms with van der Waals surface area (Å²) in [4.78, 5) is 15.7. The fourth-order valence-electron chi connectivity index (χ4n) is 1.74. The van der Waals surface area contributed by atoms with E-state index in [0.29, 0.717) is 29.7 Å². The van der Waals surface area contributed by atoms with Gasteiger partial charge in [-0.05, 0) is 24.0 Å². The van der Waals surface area contributed by atoms with Crippen LogP contribution in [-0.2, 0) is 4.79 Å². The molecule has 1 aromatic heterocycles. The number of anilines is 1. The van der Waals surface area contributed by atoms with Crippen LogP contribution in [0, 0.1) is 0 Å².